The van der Waals surface area contributed by atoms with Gasteiger partial charge in [0, 0.05) is 33.8 Å². The minimum atomic E-state index is -0.472. The van der Waals surface area contributed by atoms with Crippen molar-refractivity contribution in [1.82, 2.24) is 14.5 Å². The minimum absolute atomic E-state index is 0.472. The number of pyridine rings is 1. The van der Waals surface area contributed by atoms with E-state index in [9.17, 15) is 0 Å². The molecule has 8 aromatic carbocycles. The molecule has 0 atom stereocenters. The molecule has 2 aromatic heterocycles. The lowest BCUT2D eigenvalue weighted by atomic mass is 9.67. The summed E-state index contributed by atoms with van der Waals surface area (Å²) in [6, 6.07) is 70.6. The van der Waals surface area contributed by atoms with Gasteiger partial charge in [-0.05, 0) is 80.9 Å². The molecule has 3 heteroatoms. The Hall–Kier alpha value is -7.10. The zero-order valence-corrected chi connectivity index (χ0v) is 31.0. The quantitative estimate of drug-likeness (QED) is 0.161. The lowest BCUT2D eigenvalue weighted by molar-refractivity contribution is 0.769. The fourth-order valence-electron chi connectivity index (χ4n) is 9.44. The molecule has 2 heterocycles. The van der Waals surface area contributed by atoms with Crippen LogP contribution in [0.25, 0.3) is 71.9 Å². The van der Waals surface area contributed by atoms with Gasteiger partial charge in [0.25, 0.3) is 0 Å². The van der Waals surface area contributed by atoms with Crippen LogP contribution >= 0.6 is 0 Å². The van der Waals surface area contributed by atoms with Gasteiger partial charge < -0.3 is 0 Å². The molecule has 1 aliphatic carbocycles. The number of hydrogen-bond acceptors (Lipinski definition) is 2. The number of rotatable bonds is 6. The maximum absolute atomic E-state index is 5.43. The van der Waals surface area contributed by atoms with E-state index in [1.54, 1.807) is 0 Å². The van der Waals surface area contributed by atoms with Crippen molar-refractivity contribution in [1.29, 1.82) is 0 Å². The Bertz CT molecular complexity index is 3070. The third-order valence-corrected chi connectivity index (χ3v) is 11.8. The van der Waals surface area contributed by atoms with Crippen LogP contribution in [0, 0.1) is 0 Å². The van der Waals surface area contributed by atoms with E-state index in [-0.39, 0.29) is 0 Å². The molecule has 3 nitrogen and oxygen atoms in total. The predicted molar refractivity (Wildman–Crippen MR) is 231 cm³/mol. The number of fused-ring (bicyclic) bond motifs is 8. The van der Waals surface area contributed by atoms with Crippen molar-refractivity contribution in [3.05, 3.63) is 222 Å². The predicted octanol–water partition coefficient (Wildman–Crippen LogP) is 13.0. The van der Waals surface area contributed by atoms with Crippen LogP contribution in [-0.4, -0.2) is 14.5 Å². The molecule has 0 saturated heterocycles. The van der Waals surface area contributed by atoms with E-state index in [0.29, 0.717) is 0 Å². The second kappa shape index (κ2) is 12.8. The summed E-state index contributed by atoms with van der Waals surface area (Å²) in [5.41, 5.74) is 15.9. The first-order chi connectivity index (χ1) is 27.7. The number of imidazole rings is 1. The number of aryl methyl sites for hydroxylation is 1. The molecule has 0 saturated carbocycles. The van der Waals surface area contributed by atoms with Crippen molar-refractivity contribution >= 4 is 32.7 Å². The molecule has 0 amide bonds. The third kappa shape index (κ3) is 4.71. The van der Waals surface area contributed by atoms with Gasteiger partial charge in [-0.2, -0.15) is 0 Å². The molecule has 264 valence electrons. The minimum Gasteiger partial charge on any atom is -0.296 e. The molecule has 10 aromatic rings. The second-order valence-corrected chi connectivity index (χ2v) is 14.7. The Kier molecular flexibility index (Phi) is 7.36. The van der Waals surface area contributed by atoms with Gasteiger partial charge in [-0.15, -0.1) is 0 Å². The SMILES string of the molecule is CCc1nc2ccccc2n1-c1ccc(-c2cccc(-c3nc4ccccc4c4c5c(ccc34)C(c3ccccc3)(c3ccccc3)c3ccccc3-5)c2)cc1. The number of aromatic nitrogens is 3. The van der Waals surface area contributed by atoms with Crippen molar-refractivity contribution in [2.45, 2.75) is 18.8 Å². The molecular weight excluding hydrogens is 679 g/mol. The van der Waals surface area contributed by atoms with Crippen LogP contribution in [0.2, 0.25) is 0 Å². The average Bonchev–Trinajstić information content (AvgIpc) is 3.81. The Balaban J connectivity index is 1.12. The van der Waals surface area contributed by atoms with Gasteiger partial charge in [-0.1, -0.05) is 165 Å². The summed E-state index contributed by atoms with van der Waals surface area (Å²) in [6.45, 7) is 2.16. The fraction of sp³-hybridized carbons (Fsp3) is 0.0566. The lowest BCUT2D eigenvalue weighted by Gasteiger charge is -2.34. The maximum atomic E-state index is 5.43. The summed E-state index contributed by atoms with van der Waals surface area (Å²) in [6.07, 6.45) is 0.861. The average molecular weight is 716 g/mol. The van der Waals surface area contributed by atoms with Crippen molar-refractivity contribution in [2.75, 3.05) is 0 Å². The van der Waals surface area contributed by atoms with Crippen LogP contribution in [0.15, 0.2) is 194 Å². The summed E-state index contributed by atoms with van der Waals surface area (Å²) < 4.78 is 2.28. The first-order valence-corrected chi connectivity index (χ1v) is 19.5. The van der Waals surface area contributed by atoms with Crippen LogP contribution < -0.4 is 0 Å². The molecule has 0 aliphatic heterocycles. The number of benzene rings is 8. The Morgan fingerprint density at radius 3 is 1.91 bits per heavy atom. The van der Waals surface area contributed by atoms with E-state index >= 15 is 0 Å². The van der Waals surface area contributed by atoms with E-state index in [2.05, 4.69) is 206 Å². The molecule has 0 N–H and O–H groups in total. The van der Waals surface area contributed by atoms with E-state index in [4.69, 9.17) is 9.97 Å². The molecule has 11 rings (SSSR count). The Labute approximate surface area is 326 Å². The van der Waals surface area contributed by atoms with Crippen LogP contribution in [0.3, 0.4) is 0 Å². The summed E-state index contributed by atoms with van der Waals surface area (Å²) >= 11 is 0. The normalized spacial score (nSPS) is 12.9. The molecule has 1 aliphatic rings. The Morgan fingerprint density at radius 1 is 0.482 bits per heavy atom. The van der Waals surface area contributed by atoms with Gasteiger partial charge in [0.1, 0.15) is 5.82 Å². The Morgan fingerprint density at radius 2 is 1.14 bits per heavy atom. The van der Waals surface area contributed by atoms with Gasteiger partial charge in [0.2, 0.25) is 0 Å². The summed E-state index contributed by atoms with van der Waals surface area (Å²) in [5, 5.41) is 3.57. The summed E-state index contributed by atoms with van der Waals surface area (Å²) in [7, 11) is 0. The van der Waals surface area contributed by atoms with E-state index in [1.807, 2.05) is 0 Å². The molecule has 0 unspecified atom stereocenters. The van der Waals surface area contributed by atoms with Crippen molar-refractivity contribution in [3.8, 4) is 39.2 Å². The molecule has 0 bridgehead atoms. The highest BCUT2D eigenvalue weighted by Gasteiger charge is 2.46. The van der Waals surface area contributed by atoms with E-state index < -0.39 is 5.41 Å². The van der Waals surface area contributed by atoms with Crippen LogP contribution in [0.4, 0.5) is 0 Å². The van der Waals surface area contributed by atoms with Crippen molar-refractivity contribution in [3.63, 3.8) is 0 Å². The monoisotopic (exact) mass is 715 g/mol. The zero-order valence-electron chi connectivity index (χ0n) is 31.0. The highest BCUT2D eigenvalue weighted by molar-refractivity contribution is 6.19. The largest absolute Gasteiger partial charge is 0.296 e. The van der Waals surface area contributed by atoms with Gasteiger partial charge in [0.05, 0.1) is 27.7 Å². The van der Waals surface area contributed by atoms with Crippen LogP contribution in [0.1, 0.15) is 35.0 Å². The summed E-state index contributed by atoms with van der Waals surface area (Å²) in [4.78, 5) is 10.3. The highest BCUT2D eigenvalue weighted by atomic mass is 15.1. The molecular formula is C53H37N3. The fourth-order valence-corrected chi connectivity index (χ4v) is 9.44. The molecule has 56 heavy (non-hydrogen) atoms. The van der Waals surface area contributed by atoms with Crippen molar-refractivity contribution < 1.29 is 0 Å². The first kappa shape index (κ1) is 32.3. The van der Waals surface area contributed by atoms with Gasteiger partial charge in [-0.25, -0.2) is 9.97 Å². The maximum Gasteiger partial charge on any atom is 0.114 e. The number of hydrogen-bond donors (Lipinski definition) is 0. The van der Waals surface area contributed by atoms with Crippen LogP contribution in [0.5, 0.6) is 0 Å². The summed E-state index contributed by atoms with van der Waals surface area (Å²) in [5.74, 6) is 1.06. The molecule has 0 radical (unpaired) electrons. The lowest BCUT2D eigenvalue weighted by Crippen LogP contribution is -2.28. The van der Waals surface area contributed by atoms with Crippen molar-refractivity contribution in [2.24, 2.45) is 0 Å². The molecule has 0 fully saturated rings. The second-order valence-electron chi connectivity index (χ2n) is 14.7. The van der Waals surface area contributed by atoms with Gasteiger partial charge >= 0.3 is 0 Å². The van der Waals surface area contributed by atoms with Crippen LogP contribution in [-0.2, 0) is 11.8 Å². The topological polar surface area (TPSA) is 30.7 Å². The number of nitrogens with zero attached hydrogens (tertiary/aromatic N) is 3. The highest BCUT2D eigenvalue weighted by Crippen LogP contribution is 2.58. The molecule has 0 spiro atoms. The standard InChI is InChI=1S/C53H37N3/c1-2-49-54-47-26-13-14-27-48(47)56(49)40-30-28-35(29-31-40)36-16-15-17-37(34-36)52-43-32-33-45-51(50(43)42-23-10-12-25-46(42)55-52)41-22-9-11-24-44(41)53(45,38-18-5-3-6-19-38)39-20-7-4-8-21-39/h3-34H,2H2,1H3. The first-order valence-electron chi connectivity index (χ1n) is 19.5. The van der Waals surface area contributed by atoms with Gasteiger partial charge in [-0.3, -0.25) is 4.57 Å². The van der Waals surface area contributed by atoms with Gasteiger partial charge in [0.15, 0.2) is 0 Å². The van der Waals surface area contributed by atoms with E-state index in [0.717, 1.165) is 62.3 Å². The third-order valence-electron chi connectivity index (χ3n) is 11.8. The van der Waals surface area contributed by atoms with E-state index in [1.165, 1.54) is 44.2 Å². The smallest absolute Gasteiger partial charge is 0.114 e. The number of para-hydroxylation sites is 3. The zero-order chi connectivity index (χ0) is 37.2.